The van der Waals surface area contributed by atoms with Crippen LogP contribution in [0.1, 0.15) is 0 Å². The lowest BCUT2D eigenvalue weighted by molar-refractivity contribution is -0.118. The monoisotopic (exact) mass is 115 g/mol. The van der Waals surface area contributed by atoms with E-state index < -0.39 is 6.23 Å². The molecule has 0 aromatic rings. The van der Waals surface area contributed by atoms with E-state index in [0.717, 1.165) is 5.01 Å². The summed E-state index contributed by atoms with van der Waals surface area (Å²) in [5, 5.41) is 16.1. The first kappa shape index (κ1) is 5.17. The topological polar surface area (TPSA) is 65.3 Å². The van der Waals surface area contributed by atoms with E-state index in [9.17, 15) is 4.79 Å². The van der Waals surface area contributed by atoms with Crippen LogP contribution >= 0.6 is 0 Å². The zero-order valence-corrected chi connectivity index (χ0v) is 4.06. The molecule has 0 aromatic heterocycles. The summed E-state index contributed by atoms with van der Waals surface area (Å²) < 4.78 is 0. The van der Waals surface area contributed by atoms with Gasteiger partial charge in [-0.05, 0) is 0 Å². The second-order valence-electron chi connectivity index (χ2n) is 1.41. The van der Waals surface area contributed by atoms with Gasteiger partial charge in [0.1, 0.15) is 0 Å². The minimum Gasteiger partial charge on any atom is -0.369 e. The molecule has 1 atom stereocenters. The zero-order valence-electron chi connectivity index (χ0n) is 4.06. The number of amides is 1. The maximum Gasteiger partial charge on any atom is 0.231 e. The lowest BCUT2D eigenvalue weighted by Gasteiger charge is -1.97. The Kier molecular flexibility index (Phi) is 1.21. The maximum atomic E-state index is 9.81. The molecule has 1 aliphatic rings. The van der Waals surface area contributed by atoms with Gasteiger partial charge in [0.05, 0.1) is 6.54 Å². The van der Waals surface area contributed by atoms with Gasteiger partial charge in [-0.25, -0.2) is 5.01 Å². The molecular formula is C3H5N3O2. The van der Waals surface area contributed by atoms with Gasteiger partial charge in [0, 0.05) is 0 Å². The molecule has 1 heterocycles. The van der Waals surface area contributed by atoms with Gasteiger partial charge in [0.2, 0.25) is 6.41 Å². The van der Waals surface area contributed by atoms with Crippen LogP contribution in [-0.2, 0) is 4.79 Å². The first-order valence-corrected chi connectivity index (χ1v) is 2.13. The van der Waals surface area contributed by atoms with E-state index in [1.807, 2.05) is 0 Å². The average molecular weight is 115 g/mol. The fourth-order valence-corrected chi connectivity index (χ4v) is 0.430. The maximum absolute atomic E-state index is 9.81. The minimum atomic E-state index is -0.819. The molecule has 0 aliphatic carbocycles. The van der Waals surface area contributed by atoms with Crippen LogP contribution in [0, 0.1) is 0 Å². The molecule has 0 spiro atoms. The van der Waals surface area contributed by atoms with Gasteiger partial charge in [-0.1, -0.05) is 5.22 Å². The van der Waals surface area contributed by atoms with E-state index >= 15 is 0 Å². The van der Waals surface area contributed by atoms with Crippen molar-refractivity contribution in [3.63, 3.8) is 0 Å². The zero-order chi connectivity index (χ0) is 5.98. The highest BCUT2D eigenvalue weighted by molar-refractivity contribution is 5.46. The molecule has 5 heteroatoms. The normalized spacial score (nSPS) is 26.6. The van der Waals surface area contributed by atoms with Gasteiger partial charge in [0.15, 0.2) is 6.23 Å². The van der Waals surface area contributed by atoms with Gasteiger partial charge in [-0.3, -0.25) is 4.79 Å². The third kappa shape index (κ3) is 0.812. The second-order valence-corrected chi connectivity index (χ2v) is 1.41. The van der Waals surface area contributed by atoms with Crippen LogP contribution in [0.2, 0.25) is 0 Å². The van der Waals surface area contributed by atoms with Gasteiger partial charge in [0.25, 0.3) is 0 Å². The number of carbonyl (C=O) groups excluding carboxylic acids is 1. The first-order valence-electron chi connectivity index (χ1n) is 2.13. The third-order valence-electron chi connectivity index (χ3n) is 0.772. The van der Waals surface area contributed by atoms with E-state index in [2.05, 4.69) is 10.3 Å². The molecule has 1 rings (SSSR count). The van der Waals surface area contributed by atoms with Crippen molar-refractivity contribution in [3.8, 4) is 0 Å². The molecule has 5 nitrogen and oxygen atoms in total. The minimum absolute atomic E-state index is 0.184. The molecule has 1 aliphatic heterocycles. The number of carbonyl (C=O) groups is 1. The summed E-state index contributed by atoms with van der Waals surface area (Å²) in [4.78, 5) is 9.81. The number of hydrogen-bond donors (Lipinski definition) is 1. The number of hydrogen-bond acceptors (Lipinski definition) is 4. The molecule has 1 amide bonds. The highest BCUT2D eigenvalue weighted by atomic mass is 16.3. The van der Waals surface area contributed by atoms with Crippen LogP contribution in [0.15, 0.2) is 10.3 Å². The molecular weight excluding hydrogens is 110 g/mol. The molecule has 0 saturated carbocycles. The SMILES string of the molecule is O=CN1CC(O)N=N1. The number of aliphatic hydroxyl groups excluding tert-OH is 1. The number of nitrogens with zero attached hydrogens (tertiary/aromatic N) is 3. The van der Waals surface area contributed by atoms with E-state index in [1.54, 1.807) is 0 Å². The summed E-state index contributed by atoms with van der Waals surface area (Å²) in [7, 11) is 0. The van der Waals surface area contributed by atoms with Gasteiger partial charge in [-0.2, -0.15) is 0 Å². The molecule has 44 valence electrons. The summed E-state index contributed by atoms with van der Waals surface area (Å²) in [5.41, 5.74) is 0. The van der Waals surface area contributed by atoms with Crippen LogP contribution in [0.3, 0.4) is 0 Å². The summed E-state index contributed by atoms with van der Waals surface area (Å²) in [6.45, 7) is 0.184. The van der Waals surface area contributed by atoms with Crippen molar-refractivity contribution >= 4 is 6.41 Å². The van der Waals surface area contributed by atoms with Crippen molar-refractivity contribution < 1.29 is 9.90 Å². The summed E-state index contributed by atoms with van der Waals surface area (Å²) in [5.74, 6) is 0. The Morgan fingerprint density at radius 1 is 1.88 bits per heavy atom. The quantitative estimate of drug-likeness (QED) is 0.452. The van der Waals surface area contributed by atoms with Crippen molar-refractivity contribution in [2.75, 3.05) is 6.54 Å². The highest BCUT2D eigenvalue weighted by Crippen LogP contribution is 2.01. The molecule has 0 fully saturated rings. The second kappa shape index (κ2) is 1.87. The molecule has 1 N–H and O–H groups in total. The van der Waals surface area contributed by atoms with Crippen LogP contribution < -0.4 is 0 Å². The Hall–Kier alpha value is -0.970. The molecule has 0 radical (unpaired) electrons. The van der Waals surface area contributed by atoms with Crippen molar-refractivity contribution in [1.82, 2.24) is 5.01 Å². The van der Waals surface area contributed by atoms with E-state index in [4.69, 9.17) is 5.11 Å². The molecule has 0 bridgehead atoms. The van der Waals surface area contributed by atoms with E-state index in [-0.39, 0.29) is 6.54 Å². The lowest BCUT2D eigenvalue weighted by atomic mass is 10.6. The Morgan fingerprint density at radius 3 is 2.88 bits per heavy atom. The van der Waals surface area contributed by atoms with Gasteiger partial charge >= 0.3 is 0 Å². The predicted octanol–water partition coefficient (Wildman–Crippen LogP) is -0.856. The fourth-order valence-electron chi connectivity index (χ4n) is 0.430. The Labute approximate surface area is 45.6 Å². The molecule has 0 saturated heterocycles. The number of β-amino-alcohol motifs (C(OH)–C–C–N with tert-alkyl or cyclic N) is 1. The lowest BCUT2D eigenvalue weighted by Crippen LogP contribution is -2.18. The largest absolute Gasteiger partial charge is 0.369 e. The summed E-state index contributed by atoms with van der Waals surface area (Å²) in [6, 6.07) is 0. The average Bonchev–Trinajstić information content (AvgIpc) is 2.14. The predicted molar refractivity (Wildman–Crippen MR) is 23.6 cm³/mol. The van der Waals surface area contributed by atoms with Gasteiger partial charge < -0.3 is 5.11 Å². The van der Waals surface area contributed by atoms with Crippen molar-refractivity contribution in [2.24, 2.45) is 10.3 Å². The van der Waals surface area contributed by atoms with Gasteiger partial charge in [-0.15, -0.1) is 5.11 Å². The van der Waals surface area contributed by atoms with E-state index in [1.165, 1.54) is 0 Å². The Bertz CT molecular complexity index is 124. The fraction of sp³-hybridized carbons (Fsp3) is 0.667. The molecule has 8 heavy (non-hydrogen) atoms. The van der Waals surface area contributed by atoms with Crippen LogP contribution in [0.4, 0.5) is 0 Å². The Morgan fingerprint density at radius 2 is 2.62 bits per heavy atom. The standard InChI is InChI=1S/C3H5N3O2/c7-2-6-1-3(8)4-5-6/h2-3,8H,1H2. The molecule has 0 aromatic carbocycles. The van der Waals surface area contributed by atoms with E-state index in [0.29, 0.717) is 6.41 Å². The number of aliphatic hydroxyl groups is 1. The van der Waals surface area contributed by atoms with Crippen molar-refractivity contribution in [2.45, 2.75) is 6.23 Å². The van der Waals surface area contributed by atoms with Crippen molar-refractivity contribution in [1.29, 1.82) is 0 Å². The summed E-state index contributed by atoms with van der Waals surface area (Å²) in [6.07, 6.45) is -0.306. The van der Waals surface area contributed by atoms with Crippen LogP contribution in [0.5, 0.6) is 0 Å². The van der Waals surface area contributed by atoms with Crippen LogP contribution in [-0.4, -0.2) is 29.3 Å². The first-order chi connectivity index (χ1) is 3.83. The molecule has 1 unspecified atom stereocenters. The smallest absolute Gasteiger partial charge is 0.231 e. The number of rotatable bonds is 1. The highest BCUT2D eigenvalue weighted by Gasteiger charge is 2.13. The Balaban J connectivity index is 2.45. The van der Waals surface area contributed by atoms with Crippen LogP contribution in [0.25, 0.3) is 0 Å². The van der Waals surface area contributed by atoms with Crippen molar-refractivity contribution in [3.05, 3.63) is 0 Å². The third-order valence-corrected chi connectivity index (χ3v) is 0.772. The summed E-state index contributed by atoms with van der Waals surface area (Å²) >= 11 is 0.